The number of esters is 1. The maximum atomic E-state index is 11.3. The van der Waals surface area contributed by atoms with Crippen LogP contribution in [0.1, 0.15) is 5.82 Å². The SMILES string of the molecule is COC(=O)Cc1nc(Cl)c(OC)c(N2CCOCC2)n1. The van der Waals surface area contributed by atoms with Crippen LogP contribution in [0.2, 0.25) is 5.15 Å². The molecule has 0 aromatic carbocycles. The van der Waals surface area contributed by atoms with E-state index in [4.69, 9.17) is 21.1 Å². The molecule has 1 saturated heterocycles. The summed E-state index contributed by atoms with van der Waals surface area (Å²) in [6.45, 7) is 2.58. The molecule has 0 amide bonds. The van der Waals surface area contributed by atoms with Crippen LogP contribution in [0.5, 0.6) is 5.75 Å². The van der Waals surface area contributed by atoms with Gasteiger partial charge in [0.25, 0.3) is 0 Å². The van der Waals surface area contributed by atoms with Gasteiger partial charge in [0.15, 0.2) is 16.7 Å². The predicted octanol–water partition coefficient (Wildman–Crippen LogP) is 0.691. The summed E-state index contributed by atoms with van der Waals surface area (Å²) in [5.74, 6) is 0.875. The number of halogens is 1. The summed E-state index contributed by atoms with van der Waals surface area (Å²) < 4.78 is 15.2. The van der Waals surface area contributed by atoms with Gasteiger partial charge in [0.2, 0.25) is 0 Å². The van der Waals surface area contributed by atoms with Gasteiger partial charge in [-0.2, -0.15) is 0 Å². The number of carbonyl (C=O) groups excluding carboxylic acids is 1. The Morgan fingerprint density at radius 1 is 1.35 bits per heavy atom. The van der Waals surface area contributed by atoms with Crippen LogP contribution in [0.15, 0.2) is 0 Å². The first-order chi connectivity index (χ1) is 9.65. The molecular weight excluding hydrogens is 286 g/mol. The Labute approximate surface area is 121 Å². The third-order valence-corrected chi connectivity index (χ3v) is 3.15. The largest absolute Gasteiger partial charge is 0.490 e. The second kappa shape index (κ2) is 6.71. The number of carbonyl (C=O) groups is 1. The lowest BCUT2D eigenvalue weighted by Gasteiger charge is -2.29. The molecule has 2 rings (SSSR count). The minimum Gasteiger partial charge on any atom is -0.490 e. The van der Waals surface area contributed by atoms with E-state index >= 15 is 0 Å². The van der Waals surface area contributed by atoms with Crippen molar-refractivity contribution in [3.8, 4) is 5.75 Å². The van der Waals surface area contributed by atoms with Gasteiger partial charge in [-0.05, 0) is 0 Å². The van der Waals surface area contributed by atoms with Gasteiger partial charge in [-0.3, -0.25) is 4.79 Å². The van der Waals surface area contributed by atoms with Crippen LogP contribution in [-0.4, -0.2) is 56.5 Å². The number of aromatic nitrogens is 2. The van der Waals surface area contributed by atoms with Crippen LogP contribution in [-0.2, 0) is 20.7 Å². The van der Waals surface area contributed by atoms with Crippen molar-refractivity contribution in [1.29, 1.82) is 0 Å². The Kier molecular flexibility index (Phi) is 4.97. The summed E-state index contributed by atoms with van der Waals surface area (Å²) in [6.07, 6.45) is -0.0302. The highest BCUT2D eigenvalue weighted by Gasteiger charge is 2.22. The lowest BCUT2D eigenvalue weighted by atomic mass is 10.3. The van der Waals surface area contributed by atoms with Crippen molar-refractivity contribution < 1.29 is 19.0 Å². The Bertz CT molecular complexity index is 492. The molecule has 2 heterocycles. The zero-order valence-electron chi connectivity index (χ0n) is 11.4. The van der Waals surface area contributed by atoms with Crippen LogP contribution in [0.3, 0.4) is 0 Å². The first-order valence-corrected chi connectivity index (χ1v) is 6.53. The average molecular weight is 302 g/mol. The summed E-state index contributed by atoms with van der Waals surface area (Å²) in [5, 5.41) is 0.183. The van der Waals surface area contributed by atoms with Crippen LogP contribution in [0, 0.1) is 0 Å². The summed E-state index contributed by atoms with van der Waals surface area (Å²) in [5.41, 5.74) is 0. The molecule has 8 heteroatoms. The number of methoxy groups -OCH3 is 2. The van der Waals surface area contributed by atoms with E-state index in [1.807, 2.05) is 4.90 Å². The number of nitrogens with zero attached hydrogens (tertiary/aromatic N) is 3. The zero-order chi connectivity index (χ0) is 14.5. The molecule has 1 aromatic rings. The molecule has 1 aliphatic heterocycles. The maximum Gasteiger partial charge on any atom is 0.313 e. The first kappa shape index (κ1) is 14.8. The van der Waals surface area contributed by atoms with Crippen LogP contribution in [0.4, 0.5) is 5.82 Å². The molecule has 0 N–H and O–H groups in total. The first-order valence-electron chi connectivity index (χ1n) is 6.15. The molecule has 0 aliphatic carbocycles. The van der Waals surface area contributed by atoms with Crippen molar-refractivity contribution in [2.75, 3.05) is 45.4 Å². The van der Waals surface area contributed by atoms with E-state index in [1.165, 1.54) is 14.2 Å². The van der Waals surface area contributed by atoms with Crippen molar-refractivity contribution in [2.45, 2.75) is 6.42 Å². The number of rotatable bonds is 4. The highest BCUT2D eigenvalue weighted by molar-refractivity contribution is 6.31. The lowest BCUT2D eigenvalue weighted by Crippen LogP contribution is -2.37. The average Bonchev–Trinajstić information content (AvgIpc) is 2.47. The van der Waals surface area contributed by atoms with Crippen LogP contribution >= 0.6 is 11.6 Å². The van der Waals surface area contributed by atoms with Crippen molar-refractivity contribution in [1.82, 2.24) is 9.97 Å². The number of ether oxygens (including phenoxy) is 3. The summed E-state index contributed by atoms with van der Waals surface area (Å²) in [4.78, 5) is 21.7. The number of morpholine rings is 1. The quantitative estimate of drug-likeness (QED) is 0.598. The van der Waals surface area contributed by atoms with Crippen molar-refractivity contribution in [3.63, 3.8) is 0 Å². The zero-order valence-corrected chi connectivity index (χ0v) is 12.1. The molecule has 1 fully saturated rings. The number of anilines is 1. The molecule has 7 nitrogen and oxygen atoms in total. The summed E-state index contributed by atoms with van der Waals surface area (Å²) >= 11 is 6.09. The molecule has 0 unspecified atom stereocenters. The van der Waals surface area contributed by atoms with Gasteiger partial charge in [-0.15, -0.1) is 0 Å². The third-order valence-electron chi connectivity index (χ3n) is 2.90. The fourth-order valence-corrected chi connectivity index (χ4v) is 2.16. The smallest absolute Gasteiger partial charge is 0.313 e. The fraction of sp³-hybridized carbons (Fsp3) is 0.583. The van der Waals surface area contributed by atoms with E-state index in [-0.39, 0.29) is 11.6 Å². The normalized spacial score (nSPS) is 15.1. The molecule has 0 radical (unpaired) electrons. The molecule has 20 heavy (non-hydrogen) atoms. The van der Waals surface area contributed by atoms with Gasteiger partial charge in [0.05, 0.1) is 27.4 Å². The summed E-state index contributed by atoms with van der Waals surface area (Å²) in [6, 6.07) is 0. The predicted molar refractivity (Wildman–Crippen MR) is 72.3 cm³/mol. The Balaban J connectivity index is 2.33. The van der Waals surface area contributed by atoms with E-state index in [9.17, 15) is 4.79 Å². The third kappa shape index (κ3) is 3.29. The van der Waals surface area contributed by atoms with Crippen LogP contribution in [0.25, 0.3) is 0 Å². The van der Waals surface area contributed by atoms with Gasteiger partial charge in [-0.1, -0.05) is 11.6 Å². The molecule has 1 aliphatic rings. The highest BCUT2D eigenvalue weighted by Crippen LogP contribution is 2.32. The van der Waals surface area contributed by atoms with Gasteiger partial charge in [0, 0.05) is 13.1 Å². The monoisotopic (exact) mass is 301 g/mol. The number of hydrogen-bond donors (Lipinski definition) is 0. The van der Waals surface area contributed by atoms with E-state index < -0.39 is 5.97 Å². The second-order valence-electron chi connectivity index (χ2n) is 4.14. The Morgan fingerprint density at radius 2 is 2.05 bits per heavy atom. The molecule has 1 aromatic heterocycles. The van der Waals surface area contributed by atoms with Crippen molar-refractivity contribution in [3.05, 3.63) is 11.0 Å². The molecule has 0 saturated carbocycles. The molecule has 0 atom stereocenters. The lowest BCUT2D eigenvalue weighted by molar-refractivity contribution is -0.139. The fourth-order valence-electron chi connectivity index (χ4n) is 1.90. The highest BCUT2D eigenvalue weighted by atomic mass is 35.5. The number of hydrogen-bond acceptors (Lipinski definition) is 7. The Morgan fingerprint density at radius 3 is 2.65 bits per heavy atom. The van der Waals surface area contributed by atoms with Crippen molar-refractivity contribution in [2.24, 2.45) is 0 Å². The minimum absolute atomic E-state index is 0.0302. The van der Waals surface area contributed by atoms with Gasteiger partial charge < -0.3 is 19.1 Å². The van der Waals surface area contributed by atoms with E-state index in [0.717, 1.165) is 0 Å². The maximum absolute atomic E-state index is 11.3. The van der Waals surface area contributed by atoms with Gasteiger partial charge in [-0.25, -0.2) is 9.97 Å². The molecular formula is C12H16ClN3O4. The van der Waals surface area contributed by atoms with E-state index in [0.29, 0.717) is 43.7 Å². The topological polar surface area (TPSA) is 73.8 Å². The van der Waals surface area contributed by atoms with Crippen LogP contribution < -0.4 is 9.64 Å². The van der Waals surface area contributed by atoms with E-state index in [2.05, 4.69) is 14.7 Å². The van der Waals surface area contributed by atoms with E-state index in [1.54, 1.807) is 0 Å². The Hall–Kier alpha value is -1.60. The molecule has 0 bridgehead atoms. The molecule has 110 valence electrons. The van der Waals surface area contributed by atoms with Crippen molar-refractivity contribution >= 4 is 23.4 Å². The summed E-state index contributed by atoms with van der Waals surface area (Å²) in [7, 11) is 2.82. The van der Waals surface area contributed by atoms with Gasteiger partial charge >= 0.3 is 5.97 Å². The standard InChI is InChI=1S/C12H16ClN3O4/c1-18-9(17)7-8-14-11(13)10(19-2)12(15-8)16-3-5-20-6-4-16/h3-7H2,1-2H3. The molecule has 0 spiro atoms. The van der Waals surface area contributed by atoms with Gasteiger partial charge in [0.1, 0.15) is 12.2 Å². The minimum atomic E-state index is -0.417. The second-order valence-corrected chi connectivity index (χ2v) is 4.50.